The topological polar surface area (TPSA) is 127 Å². The second-order valence-electron chi connectivity index (χ2n) is 9.09. The number of carbonyl (C=O) groups excluding carboxylic acids is 2. The van der Waals surface area contributed by atoms with E-state index in [4.69, 9.17) is 10.6 Å². The fourth-order valence-electron chi connectivity index (χ4n) is 5.01. The van der Waals surface area contributed by atoms with E-state index in [0.717, 1.165) is 43.1 Å². The number of benzene rings is 1. The Labute approximate surface area is 197 Å². The predicted molar refractivity (Wildman–Crippen MR) is 123 cm³/mol. The zero-order chi connectivity index (χ0) is 23.7. The van der Waals surface area contributed by atoms with Crippen LogP contribution in [0.25, 0.3) is 10.9 Å². The average molecular weight is 459 g/mol. The summed E-state index contributed by atoms with van der Waals surface area (Å²) in [6.07, 6.45) is 7.73. The summed E-state index contributed by atoms with van der Waals surface area (Å²) in [6.45, 7) is 1.24. The van der Waals surface area contributed by atoms with E-state index in [1.165, 1.54) is 5.06 Å². The van der Waals surface area contributed by atoms with E-state index in [9.17, 15) is 14.9 Å². The molecule has 34 heavy (non-hydrogen) atoms. The van der Waals surface area contributed by atoms with Gasteiger partial charge in [-0.25, -0.2) is 5.06 Å². The van der Waals surface area contributed by atoms with Crippen LogP contribution in [0.4, 0.5) is 0 Å². The largest absolute Gasteiger partial charge is 0.366 e. The molecule has 9 heteroatoms. The quantitative estimate of drug-likeness (QED) is 0.626. The number of primary amides is 1. The molecule has 1 aromatic carbocycles. The second-order valence-corrected chi connectivity index (χ2v) is 9.09. The van der Waals surface area contributed by atoms with E-state index < -0.39 is 5.91 Å². The van der Waals surface area contributed by atoms with Crippen molar-refractivity contribution in [3.63, 3.8) is 0 Å². The van der Waals surface area contributed by atoms with Gasteiger partial charge in [-0.3, -0.25) is 24.1 Å². The van der Waals surface area contributed by atoms with Crippen molar-refractivity contribution in [2.24, 2.45) is 17.6 Å². The Hall–Kier alpha value is -3.77. The molecule has 5 rings (SSSR count). The number of hydroxylamine groups is 2. The molecular formula is C25H26N6O3. The Balaban J connectivity index is 1.20. The average Bonchev–Trinajstić information content (AvgIpc) is 3.50. The lowest BCUT2D eigenvalue weighted by atomic mass is 9.81. The summed E-state index contributed by atoms with van der Waals surface area (Å²) in [4.78, 5) is 34.8. The van der Waals surface area contributed by atoms with E-state index in [1.807, 2.05) is 16.9 Å². The molecule has 9 nitrogen and oxygen atoms in total. The number of nitrogens with zero attached hydrogens (tertiary/aromatic N) is 5. The van der Waals surface area contributed by atoms with Crippen LogP contribution in [0.5, 0.6) is 0 Å². The zero-order valence-corrected chi connectivity index (χ0v) is 18.8. The second kappa shape index (κ2) is 9.23. The van der Waals surface area contributed by atoms with E-state index >= 15 is 0 Å². The summed E-state index contributed by atoms with van der Waals surface area (Å²) in [5.74, 6) is -0.102. The van der Waals surface area contributed by atoms with E-state index in [1.54, 1.807) is 30.5 Å². The molecule has 3 heterocycles. The molecule has 2 aliphatic rings. The van der Waals surface area contributed by atoms with Gasteiger partial charge in [0.2, 0.25) is 11.8 Å². The van der Waals surface area contributed by atoms with Gasteiger partial charge in [-0.15, -0.1) is 0 Å². The van der Waals surface area contributed by atoms with Gasteiger partial charge in [0.15, 0.2) is 0 Å². The minimum Gasteiger partial charge on any atom is -0.366 e. The third-order valence-electron chi connectivity index (χ3n) is 6.85. The highest BCUT2D eigenvalue weighted by molar-refractivity contribution is 5.96. The van der Waals surface area contributed by atoms with Crippen LogP contribution in [-0.4, -0.2) is 38.2 Å². The highest BCUT2D eigenvalue weighted by Crippen LogP contribution is 2.36. The molecule has 0 bridgehead atoms. The summed E-state index contributed by atoms with van der Waals surface area (Å²) in [6, 6.07) is 10.6. The van der Waals surface area contributed by atoms with Crippen molar-refractivity contribution in [3.8, 4) is 6.07 Å². The van der Waals surface area contributed by atoms with Crippen LogP contribution in [0.15, 0.2) is 42.7 Å². The first kappa shape index (κ1) is 22.0. The molecule has 1 saturated heterocycles. The molecule has 0 radical (unpaired) electrons. The van der Waals surface area contributed by atoms with Gasteiger partial charge in [-0.1, -0.05) is 6.07 Å². The van der Waals surface area contributed by atoms with Gasteiger partial charge >= 0.3 is 0 Å². The maximum atomic E-state index is 13.3. The minimum atomic E-state index is -0.461. The van der Waals surface area contributed by atoms with Crippen molar-refractivity contribution in [1.29, 1.82) is 5.26 Å². The fraction of sp³-hybridized carbons (Fsp3) is 0.400. The number of aromatic nitrogens is 3. The van der Waals surface area contributed by atoms with Crippen LogP contribution in [-0.2, 0) is 16.2 Å². The molecule has 174 valence electrons. The summed E-state index contributed by atoms with van der Waals surface area (Å²) in [5, 5.41) is 16.2. The Kier molecular flexibility index (Phi) is 5.99. The standard InChI is InChI=1S/C25H26N6O3/c26-13-17-7-9-28-22(11-17)23-8-10-34-31(23)25(33)18-3-1-16(2-4-18)14-30-15-20-6-5-19(24(27)32)12-21(20)29-30/h5-7,9,11-12,15-16,18,23H,1-4,8,10,14H2,(H2,27,32)/t16-,18-,23-/m0/s1. The lowest BCUT2D eigenvalue weighted by Gasteiger charge is -2.31. The number of pyridine rings is 1. The molecule has 3 aromatic rings. The smallest absolute Gasteiger partial charge is 0.249 e. The fourth-order valence-corrected chi connectivity index (χ4v) is 5.01. The molecule has 1 saturated carbocycles. The maximum Gasteiger partial charge on any atom is 0.249 e. The maximum absolute atomic E-state index is 13.3. The van der Waals surface area contributed by atoms with Crippen molar-refractivity contribution in [2.45, 2.75) is 44.7 Å². The Morgan fingerprint density at radius 3 is 2.74 bits per heavy atom. The third kappa shape index (κ3) is 4.37. The van der Waals surface area contributed by atoms with Crippen LogP contribution >= 0.6 is 0 Å². The Bertz CT molecular complexity index is 1270. The Morgan fingerprint density at radius 1 is 1.15 bits per heavy atom. The van der Waals surface area contributed by atoms with Crippen LogP contribution in [0, 0.1) is 23.2 Å². The number of amides is 2. The van der Waals surface area contributed by atoms with Gasteiger partial charge in [0.25, 0.3) is 0 Å². The molecule has 1 atom stereocenters. The van der Waals surface area contributed by atoms with Crippen molar-refractivity contribution >= 4 is 22.7 Å². The molecule has 1 aliphatic carbocycles. The monoisotopic (exact) mass is 458 g/mol. The summed E-state index contributed by atoms with van der Waals surface area (Å²) < 4.78 is 1.93. The number of nitriles is 1. The number of fused-ring (bicyclic) bond motifs is 1. The first-order chi connectivity index (χ1) is 16.5. The summed E-state index contributed by atoms with van der Waals surface area (Å²) in [5.41, 5.74) is 7.80. The predicted octanol–water partition coefficient (Wildman–Crippen LogP) is 3.11. The summed E-state index contributed by atoms with van der Waals surface area (Å²) >= 11 is 0. The zero-order valence-electron chi connectivity index (χ0n) is 18.8. The molecule has 2 amide bonds. The minimum absolute atomic E-state index is 0.00826. The number of nitrogens with two attached hydrogens (primary N) is 1. The highest BCUT2D eigenvalue weighted by atomic mass is 16.7. The normalized spacial score (nSPS) is 22.6. The van der Waals surface area contributed by atoms with Gasteiger partial charge < -0.3 is 5.73 Å². The number of rotatable bonds is 5. The van der Waals surface area contributed by atoms with Gasteiger partial charge in [-0.2, -0.15) is 10.4 Å². The first-order valence-corrected chi connectivity index (χ1v) is 11.6. The molecule has 0 unspecified atom stereocenters. The van der Waals surface area contributed by atoms with Gasteiger partial charge in [-0.05, 0) is 55.9 Å². The molecule has 2 aromatic heterocycles. The number of carbonyl (C=O) groups is 2. The molecule has 2 fully saturated rings. The molecule has 2 N–H and O–H groups in total. The molecule has 0 spiro atoms. The van der Waals surface area contributed by atoms with Crippen LogP contribution in [0.2, 0.25) is 0 Å². The lowest BCUT2D eigenvalue weighted by molar-refractivity contribution is -0.183. The third-order valence-corrected chi connectivity index (χ3v) is 6.85. The SMILES string of the molecule is N#Cc1ccnc([C@@H]2CCON2C(=O)[C@H]2CC[C@H](Cn3cc4ccc(C(N)=O)cc4n3)CC2)c1. The molecular weight excluding hydrogens is 432 g/mol. The van der Waals surface area contributed by atoms with E-state index in [2.05, 4.69) is 16.2 Å². The molecule has 1 aliphatic heterocycles. The summed E-state index contributed by atoms with van der Waals surface area (Å²) in [7, 11) is 0. The van der Waals surface area contributed by atoms with E-state index in [-0.39, 0.29) is 17.9 Å². The van der Waals surface area contributed by atoms with Crippen LogP contribution < -0.4 is 5.73 Å². The highest BCUT2D eigenvalue weighted by Gasteiger charge is 2.38. The van der Waals surface area contributed by atoms with Crippen LogP contribution in [0.3, 0.4) is 0 Å². The van der Waals surface area contributed by atoms with Gasteiger partial charge in [0.1, 0.15) is 6.04 Å². The van der Waals surface area contributed by atoms with Crippen molar-refractivity contribution in [2.75, 3.05) is 6.61 Å². The first-order valence-electron chi connectivity index (χ1n) is 11.6. The van der Waals surface area contributed by atoms with Crippen molar-refractivity contribution < 1.29 is 14.4 Å². The Morgan fingerprint density at radius 2 is 1.97 bits per heavy atom. The number of hydrogen-bond acceptors (Lipinski definition) is 6. The van der Waals surface area contributed by atoms with E-state index in [0.29, 0.717) is 35.8 Å². The van der Waals surface area contributed by atoms with Crippen molar-refractivity contribution in [3.05, 3.63) is 59.5 Å². The van der Waals surface area contributed by atoms with Crippen molar-refractivity contribution in [1.82, 2.24) is 19.8 Å². The number of hydrogen-bond donors (Lipinski definition) is 1. The lowest BCUT2D eigenvalue weighted by Crippen LogP contribution is -2.37. The van der Waals surface area contributed by atoms with Gasteiger partial charge in [0, 0.05) is 42.2 Å². The van der Waals surface area contributed by atoms with Crippen LogP contribution in [0.1, 0.15) is 59.8 Å². The van der Waals surface area contributed by atoms with Gasteiger partial charge in [0.05, 0.1) is 29.5 Å².